The summed E-state index contributed by atoms with van der Waals surface area (Å²) in [5.74, 6) is -0.110. The Kier molecular flexibility index (Phi) is 3.38. The van der Waals surface area contributed by atoms with Crippen LogP contribution in [0.25, 0.3) is 11.1 Å². The van der Waals surface area contributed by atoms with Gasteiger partial charge in [0.1, 0.15) is 5.82 Å². The number of hydrogen-bond acceptors (Lipinski definition) is 1. The highest BCUT2D eigenvalue weighted by Crippen LogP contribution is 2.38. The molecule has 0 aromatic heterocycles. The molecule has 0 saturated carbocycles. The van der Waals surface area contributed by atoms with E-state index in [0.717, 1.165) is 16.8 Å². The number of fused-ring (bicyclic) bond motifs is 1. The van der Waals surface area contributed by atoms with E-state index in [4.69, 9.17) is 0 Å². The fourth-order valence-corrected chi connectivity index (χ4v) is 3.31. The van der Waals surface area contributed by atoms with Gasteiger partial charge in [0.15, 0.2) is 0 Å². The number of halogens is 1. The van der Waals surface area contributed by atoms with Gasteiger partial charge in [-0.1, -0.05) is 60.7 Å². The molecule has 0 bridgehead atoms. The molecule has 23 heavy (non-hydrogen) atoms. The van der Waals surface area contributed by atoms with Gasteiger partial charge >= 0.3 is 0 Å². The first-order valence-corrected chi connectivity index (χ1v) is 7.92. The van der Waals surface area contributed by atoms with Crippen LogP contribution >= 0.6 is 0 Å². The molecule has 0 fully saturated rings. The maximum Gasteiger partial charge on any atom is 0.128 e. The van der Waals surface area contributed by atoms with Gasteiger partial charge in [0.2, 0.25) is 0 Å². The Morgan fingerprint density at radius 3 is 2.26 bits per heavy atom. The number of anilines is 1. The summed E-state index contributed by atoms with van der Waals surface area (Å²) in [5, 5.41) is 3.48. The third-order valence-electron chi connectivity index (χ3n) is 4.61. The SMILES string of the molecule is Cc1ccc(F)c2c1NC(c1ccc(-c3ccccc3)cc1)C2. The van der Waals surface area contributed by atoms with Crippen LogP contribution in [0, 0.1) is 12.7 Å². The van der Waals surface area contributed by atoms with E-state index in [1.807, 2.05) is 31.2 Å². The van der Waals surface area contributed by atoms with Crippen molar-refractivity contribution in [2.45, 2.75) is 19.4 Å². The summed E-state index contributed by atoms with van der Waals surface area (Å²) in [6, 6.07) is 22.4. The average Bonchev–Trinajstić information content (AvgIpc) is 3.06. The minimum Gasteiger partial charge on any atom is -0.377 e. The van der Waals surface area contributed by atoms with Crippen LogP contribution in [0.1, 0.15) is 22.7 Å². The normalized spacial score (nSPS) is 16.0. The molecule has 114 valence electrons. The summed E-state index contributed by atoms with van der Waals surface area (Å²) in [6.45, 7) is 2.02. The lowest BCUT2D eigenvalue weighted by atomic mass is 9.98. The molecule has 1 atom stereocenters. The second-order valence-corrected chi connectivity index (χ2v) is 6.11. The van der Waals surface area contributed by atoms with Gasteiger partial charge < -0.3 is 5.32 Å². The molecule has 3 aromatic carbocycles. The molecule has 1 aliphatic heterocycles. The fourth-order valence-electron chi connectivity index (χ4n) is 3.31. The molecule has 0 saturated heterocycles. The molecule has 0 aliphatic carbocycles. The van der Waals surface area contributed by atoms with Crippen molar-refractivity contribution in [2.75, 3.05) is 5.32 Å². The van der Waals surface area contributed by atoms with Gasteiger partial charge in [-0.2, -0.15) is 0 Å². The minimum atomic E-state index is -0.110. The zero-order valence-corrected chi connectivity index (χ0v) is 13.0. The van der Waals surface area contributed by atoms with E-state index >= 15 is 0 Å². The first-order valence-electron chi connectivity index (χ1n) is 7.92. The van der Waals surface area contributed by atoms with Crippen molar-refractivity contribution in [3.8, 4) is 11.1 Å². The highest BCUT2D eigenvalue weighted by Gasteiger charge is 2.26. The van der Waals surface area contributed by atoms with Crippen molar-refractivity contribution in [1.82, 2.24) is 0 Å². The largest absolute Gasteiger partial charge is 0.377 e. The summed E-state index contributed by atoms with van der Waals surface area (Å²) in [6.07, 6.45) is 0.702. The molecular weight excluding hydrogens is 285 g/mol. The van der Waals surface area contributed by atoms with Gasteiger partial charge in [0.25, 0.3) is 0 Å². The van der Waals surface area contributed by atoms with E-state index in [1.165, 1.54) is 16.7 Å². The number of aryl methyl sites for hydroxylation is 1. The lowest BCUT2D eigenvalue weighted by Crippen LogP contribution is -2.05. The first kappa shape index (κ1) is 14.0. The van der Waals surface area contributed by atoms with E-state index < -0.39 is 0 Å². The van der Waals surface area contributed by atoms with E-state index in [2.05, 4.69) is 41.7 Å². The maximum absolute atomic E-state index is 14.0. The number of hydrogen-bond donors (Lipinski definition) is 1. The third kappa shape index (κ3) is 2.50. The summed E-state index contributed by atoms with van der Waals surface area (Å²) in [7, 11) is 0. The highest BCUT2D eigenvalue weighted by atomic mass is 19.1. The quantitative estimate of drug-likeness (QED) is 0.658. The van der Waals surface area contributed by atoms with Gasteiger partial charge in [-0.15, -0.1) is 0 Å². The molecule has 1 aliphatic rings. The van der Waals surface area contributed by atoms with Crippen molar-refractivity contribution in [3.05, 3.63) is 89.2 Å². The molecule has 1 nitrogen and oxygen atoms in total. The van der Waals surface area contributed by atoms with Crippen molar-refractivity contribution in [1.29, 1.82) is 0 Å². The van der Waals surface area contributed by atoms with Crippen LogP contribution in [-0.4, -0.2) is 0 Å². The summed E-state index contributed by atoms with van der Waals surface area (Å²) in [5.41, 5.74) is 6.48. The lowest BCUT2D eigenvalue weighted by molar-refractivity contribution is 0.610. The monoisotopic (exact) mass is 303 g/mol. The topological polar surface area (TPSA) is 12.0 Å². The molecule has 1 heterocycles. The number of nitrogens with one attached hydrogen (secondary N) is 1. The Labute approximate surface area is 135 Å². The third-order valence-corrected chi connectivity index (χ3v) is 4.61. The molecule has 0 radical (unpaired) electrons. The van der Waals surface area contributed by atoms with Crippen LogP contribution in [-0.2, 0) is 6.42 Å². The smallest absolute Gasteiger partial charge is 0.128 e. The molecular formula is C21H18FN. The van der Waals surface area contributed by atoms with Gasteiger partial charge in [-0.25, -0.2) is 4.39 Å². The zero-order valence-electron chi connectivity index (χ0n) is 13.0. The maximum atomic E-state index is 14.0. The van der Waals surface area contributed by atoms with Gasteiger partial charge in [-0.3, -0.25) is 0 Å². The van der Waals surface area contributed by atoms with E-state index in [-0.39, 0.29) is 11.9 Å². The second kappa shape index (κ2) is 5.54. The molecule has 3 aromatic rings. The summed E-state index contributed by atoms with van der Waals surface area (Å²) < 4.78 is 14.0. The Hall–Kier alpha value is -2.61. The van der Waals surface area contributed by atoms with Crippen molar-refractivity contribution < 1.29 is 4.39 Å². The summed E-state index contributed by atoms with van der Waals surface area (Å²) in [4.78, 5) is 0. The van der Waals surface area contributed by atoms with Crippen LogP contribution in [0.2, 0.25) is 0 Å². The zero-order chi connectivity index (χ0) is 15.8. The van der Waals surface area contributed by atoms with E-state index in [9.17, 15) is 4.39 Å². The van der Waals surface area contributed by atoms with Crippen molar-refractivity contribution in [2.24, 2.45) is 0 Å². The average molecular weight is 303 g/mol. The highest BCUT2D eigenvalue weighted by molar-refractivity contribution is 5.66. The Morgan fingerprint density at radius 2 is 1.57 bits per heavy atom. The first-order chi connectivity index (χ1) is 11.2. The van der Waals surface area contributed by atoms with Gasteiger partial charge in [-0.05, 0) is 35.2 Å². The molecule has 2 heteroatoms. The van der Waals surface area contributed by atoms with Gasteiger partial charge in [0.05, 0.1) is 6.04 Å². The molecule has 1 N–H and O–H groups in total. The molecule has 0 spiro atoms. The predicted octanol–water partition coefficient (Wildman–Crippen LogP) is 5.51. The minimum absolute atomic E-state index is 0.110. The second-order valence-electron chi connectivity index (χ2n) is 6.11. The molecule has 0 amide bonds. The Balaban J connectivity index is 1.61. The van der Waals surface area contributed by atoms with Crippen LogP contribution in [0.5, 0.6) is 0 Å². The standard InChI is InChI=1S/C21H18FN/c1-14-7-12-19(22)18-13-20(23-21(14)18)17-10-8-16(9-11-17)15-5-3-2-4-6-15/h2-12,20,23H,13H2,1H3. The van der Waals surface area contributed by atoms with Crippen molar-refractivity contribution in [3.63, 3.8) is 0 Å². The summed E-state index contributed by atoms with van der Waals surface area (Å²) >= 11 is 0. The Morgan fingerprint density at radius 1 is 0.870 bits per heavy atom. The number of rotatable bonds is 2. The number of benzene rings is 3. The molecule has 1 unspecified atom stereocenters. The van der Waals surface area contributed by atoms with Crippen LogP contribution in [0.15, 0.2) is 66.7 Å². The predicted molar refractivity (Wildman–Crippen MR) is 93.1 cm³/mol. The molecule has 4 rings (SSSR count). The van der Waals surface area contributed by atoms with Crippen molar-refractivity contribution >= 4 is 5.69 Å². The lowest BCUT2D eigenvalue weighted by Gasteiger charge is -2.13. The van der Waals surface area contributed by atoms with Crippen LogP contribution < -0.4 is 5.32 Å². The fraction of sp³-hybridized carbons (Fsp3) is 0.143. The van der Waals surface area contributed by atoms with Gasteiger partial charge in [0, 0.05) is 17.7 Å². The van der Waals surface area contributed by atoms with Crippen LogP contribution in [0.3, 0.4) is 0 Å². The van der Waals surface area contributed by atoms with E-state index in [0.29, 0.717) is 6.42 Å². The van der Waals surface area contributed by atoms with E-state index in [1.54, 1.807) is 6.07 Å². The van der Waals surface area contributed by atoms with Crippen LogP contribution in [0.4, 0.5) is 10.1 Å². The Bertz CT molecular complexity index is 807.